The number of ether oxygens (including phenoxy) is 2. The fourth-order valence-electron chi connectivity index (χ4n) is 3.21. The van der Waals surface area contributed by atoms with Crippen molar-refractivity contribution in [2.45, 2.75) is 39.2 Å². The number of nitrogens with one attached hydrogen (secondary N) is 2. The average molecular weight is 400 g/mol. The van der Waals surface area contributed by atoms with Crippen LogP contribution in [-0.2, 0) is 11.2 Å². The lowest BCUT2D eigenvalue weighted by molar-refractivity contribution is 0.130. The molecule has 29 heavy (non-hydrogen) atoms. The maximum Gasteiger partial charge on any atom is 0.191 e. The highest BCUT2D eigenvalue weighted by molar-refractivity contribution is 5.80. The zero-order chi connectivity index (χ0) is 20.3. The Morgan fingerprint density at radius 1 is 1.21 bits per heavy atom. The molecule has 1 aliphatic rings. The summed E-state index contributed by atoms with van der Waals surface area (Å²) in [6.07, 6.45) is 4.49. The summed E-state index contributed by atoms with van der Waals surface area (Å²) in [6.45, 7) is 7.90. The molecule has 0 saturated carbocycles. The average Bonchev–Trinajstić information content (AvgIpc) is 3.24. The van der Waals surface area contributed by atoms with Gasteiger partial charge >= 0.3 is 0 Å². The number of rotatable bonds is 10. The Labute approximate surface area is 173 Å². The van der Waals surface area contributed by atoms with E-state index in [-0.39, 0.29) is 6.04 Å². The molecule has 1 aliphatic heterocycles. The van der Waals surface area contributed by atoms with Crippen molar-refractivity contribution < 1.29 is 13.9 Å². The molecule has 2 heterocycles. The first-order valence-corrected chi connectivity index (χ1v) is 10.6. The van der Waals surface area contributed by atoms with Crippen LogP contribution in [-0.4, -0.2) is 38.9 Å². The predicted octanol–water partition coefficient (Wildman–Crippen LogP) is 3.94. The summed E-state index contributed by atoms with van der Waals surface area (Å²) in [5.74, 6) is 3.37. The van der Waals surface area contributed by atoms with Gasteiger partial charge in [0.15, 0.2) is 5.96 Å². The van der Waals surface area contributed by atoms with E-state index >= 15 is 0 Å². The van der Waals surface area contributed by atoms with Gasteiger partial charge in [0.25, 0.3) is 0 Å². The second-order valence-corrected chi connectivity index (χ2v) is 7.65. The molecule has 0 radical (unpaired) electrons. The van der Waals surface area contributed by atoms with E-state index in [1.165, 1.54) is 5.56 Å². The molecule has 6 heteroatoms. The molecule has 0 fully saturated rings. The second kappa shape index (κ2) is 11.5. The minimum absolute atomic E-state index is 0.177. The van der Waals surface area contributed by atoms with Gasteiger partial charge in [0.1, 0.15) is 11.5 Å². The Morgan fingerprint density at radius 2 is 2.10 bits per heavy atom. The maximum absolute atomic E-state index is 5.78. The lowest BCUT2D eigenvalue weighted by Gasteiger charge is -2.28. The van der Waals surface area contributed by atoms with Crippen LogP contribution in [0.3, 0.4) is 0 Å². The monoisotopic (exact) mass is 399 g/mol. The van der Waals surface area contributed by atoms with E-state index in [0.29, 0.717) is 25.7 Å². The van der Waals surface area contributed by atoms with Gasteiger partial charge < -0.3 is 24.5 Å². The summed E-state index contributed by atoms with van der Waals surface area (Å²) < 4.78 is 16.9. The van der Waals surface area contributed by atoms with Crippen LogP contribution in [0.5, 0.6) is 5.75 Å². The first kappa shape index (κ1) is 21.2. The van der Waals surface area contributed by atoms with Crippen LogP contribution in [0.4, 0.5) is 0 Å². The highest BCUT2D eigenvalue weighted by Crippen LogP contribution is 2.31. The molecule has 1 atom stereocenters. The van der Waals surface area contributed by atoms with E-state index < -0.39 is 0 Å². The molecule has 2 N–H and O–H groups in total. The third kappa shape index (κ3) is 7.13. The molecule has 0 amide bonds. The molecule has 0 aliphatic carbocycles. The molecular formula is C23H33N3O3. The third-order valence-corrected chi connectivity index (χ3v) is 4.86. The molecule has 2 aromatic rings. The summed E-state index contributed by atoms with van der Waals surface area (Å²) in [7, 11) is 0. The van der Waals surface area contributed by atoms with Gasteiger partial charge in [0, 0.05) is 31.6 Å². The minimum Gasteiger partial charge on any atom is -0.493 e. The Morgan fingerprint density at radius 3 is 2.93 bits per heavy atom. The number of benzene rings is 1. The molecule has 1 aromatic heterocycles. The Kier molecular flexibility index (Phi) is 8.43. The summed E-state index contributed by atoms with van der Waals surface area (Å²) in [5, 5.41) is 7.00. The minimum atomic E-state index is 0.177. The summed E-state index contributed by atoms with van der Waals surface area (Å²) in [6, 6.07) is 12.3. The van der Waals surface area contributed by atoms with E-state index in [9.17, 15) is 0 Å². The lowest BCUT2D eigenvalue weighted by Crippen LogP contribution is -2.42. The zero-order valence-corrected chi connectivity index (χ0v) is 17.5. The molecule has 1 aromatic carbocycles. The van der Waals surface area contributed by atoms with Crippen LogP contribution >= 0.6 is 0 Å². The van der Waals surface area contributed by atoms with Crippen LogP contribution in [0, 0.1) is 5.92 Å². The van der Waals surface area contributed by atoms with Crippen LogP contribution in [0.15, 0.2) is 52.1 Å². The normalized spacial score (nSPS) is 16.4. The van der Waals surface area contributed by atoms with E-state index in [4.69, 9.17) is 18.9 Å². The van der Waals surface area contributed by atoms with Gasteiger partial charge in [-0.2, -0.15) is 0 Å². The van der Waals surface area contributed by atoms with E-state index in [1.807, 2.05) is 30.3 Å². The molecule has 0 spiro atoms. The first-order chi connectivity index (χ1) is 14.2. The fraction of sp³-hybridized carbons (Fsp3) is 0.522. The number of para-hydroxylation sites is 1. The van der Waals surface area contributed by atoms with E-state index in [2.05, 4.69) is 30.5 Å². The van der Waals surface area contributed by atoms with E-state index in [0.717, 1.165) is 49.9 Å². The number of hydrogen-bond acceptors (Lipinski definition) is 4. The van der Waals surface area contributed by atoms with Gasteiger partial charge in [-0.05, 0) is 30.5 Å². The van der Waals surface area contributed by atoms with Crippen molar-refractivity contribution in [1.29, 1.82) is 0 Å². The Hall–Kier alpha value is -2.47. The van der Waals surface area contributed by atoms with Crippen molar-refractivity contribution in [3.05, 3.63) is 54.0 Å². The molecule has 0 saturated heterocycles. The standard InChI is InChI=1S/C23H33N3O3/c1-18(2)10-15-27-17-13-25-23(24-12-9-19-6-5-14-28-19)26-21-11-16-29-22-8-4-3-7-20(21)22/h3-8,14,18,21H,9-13,15-17H2,1-2H3,(H2,24,25,26). The van der Waals surface area contributed by atoms with Crippen molar-refractivity contribution >= 4 is 5.96 Å². The smallest absolute Gasteiger partial charge is 0.191 e. The number of hydrogen-bond donors (Lipinski definition) is 2. The number of furan rings is 1. The highest BCUT2D eigenvalue weighted by atomic mass is 16.5. The summed E-state index contributed by atoms with van der Waals surface area (Å²) in [5.41, 5.74) is 1.17. The topological polar surface area (TPSA) is 68.0 Å². The molecular weight excluding hydrogens is 366 g/mol. The van der Waals surface area contributed by atoms with Crippen molar-refractivity contribution in [2.24, 2.45) is 10.9 Å². The third-order valence-electron chi connectivity index (χ3n) is 4.86. The highest BCUT2D eigenvalue weighted by Gasteiger charge is 2.21. The van der Waals surface area contributed by atoms with Crippen molar-refractivity contribution in [3.8, 4) is 5.75 Å². The number of nitrogens with zero attached hydrogens (tertiary/aromatic N) is 1. The zero-order valence-electron chi connectivity index (χ0n) is 17.5. The molecule has 3 rings (SSSR count). The lowest BCUT2D eigenvalue weighted by atomic mass is 10.0. The largest absolute Gasteiger partial charge is 0.493 e. The number of aliphatic imine (C=N–C) groups is 1. The van der Waals surface area contributed by atoms with Gasteiger partial charge in [-0.15, -0.1) is 0 Å². The van der Waals surface area contributed by atoms with Crippen LogP contribution < -0.4 is 15.4 Å². The van der Waals surface area contributed by atoms with Crippen LogP contribution in [0.2, 0.25) is 0 Å². The summed E-state index contributed by atoms with van der Waals surface area (Å²) in [4.78, 5) is 4.72. The van der Waals surface area contributed by atoms with Crippen molar-refractivity contribution in [3.63, 3.8) is 0 Å². The SMILES string of the molecule is CC(C)CCOCCN=C(NCCc1ccco1)NC1CCOc2ccccc21. The van der Waals surface area contributed by atoms with Gasteiger partial charge in [0.05, 0.1) is 32.1 Å². The number of fused-ring (bicyclic) bond motifs is 1. The van der Waals surface area contributed by atoms with Crippen LogP contribution in [0.25, 0.3) is 0 Å². The predicted molar refractivity (Wildman–Crippen MR) is 115 cm³/mol. The summed E-state index contributed by atoms with van der Waals surface area (Å²) >= 11 is 0. The van der Waals surface area contributed by atoms with E-state index in [1.54, 1.807) is 6.26 Å². The van der Waals surface area contributed by atoms with Crippen molar-refractivity contribution in [2.75, 3.05) is 32.9 Å². The molecule has 6 nitrogen and oxygen atoms in total. The molecule has 158 valence electrons. The Balaban J connectivity index is 1.55. The maximum atomic E-state index is 5.78. The second-order valence-electron chi connectivity index (χ2n) is 7.65. The van der Waals surface area contributed by atoms with Crippen molar-refractivity contribution in [1.82, 2.24) is 10.6 Å². The Bertz CT molecular complexity index is 744. The van der Waals surface area contributed by atoms with Gasteiger partial charge in [-0.1, -0.05) is 32.0 Å². The number of guanidine groups is 1. The molecule has 1 unspecified atom stereocenters. The van der Waals surface area contributed by atoms with Crippen LogP contribution in [0.1, 0.15) is 44.1 Å². The quantitative estimate of drug-likeness (QED) is 0.360. The van der Waals surface area contributed by atoms with Gasteiger partial charge in [-0.25, -0.2) is 0 Å². The molecule has 0 bridgehead atoms. The fourth-order valence-corrected chi connectivity index (χ4v) is 3.21. The first-order valence-electron chi connectivity index (χ1n) is 10.6. The van der Waals surface area contributed by atoms with Gasteiger partial charge in [-0.3, -0.25) is 4.99 Å². The van der Waals surface area contributed by atoms with Gasteiger partial charge in [0.2, 0.25) is 0 Å².